The van der Waals surface area contributed by atoms with Crippen LogP contribution in [0.25, 0.3) is 5.57 Å². The Kier molecular flexibility index (Phi) is 6.20. The molecule has 0 atom stereocenters. The van der Waals surface area contributed by atoms with Crippen LogP contribution in [0, 0.1) is 25.2 Å². The number of carbonyl (C=O) groups excluding carboxylic acids is 2. The van der Waals surface area contributed by atoms with Crippen LogP contribution >= 0.6 is 0 Å². The molecule has 0 saturated carbocycles. The van der Waals surface area contributed by atoms with Crippen molar-refractivity contribution in [2.24, 2.45) is 0 Å². The predicted octanol–water partition coefficient (Wildman–Crippen LogP) is 5.36. The molecule has 0 aliphatic carbocycles. The van der Waals surface area contributed by atoms with Gasteiger partial charge in [-0.2, -0.15) is 5.26 Å². The van der Waals surface area contributed by atoms with E-state index < -0.39 is 11.8 Å². The fourth-order valence-corrected chi connectivity index (χ4v) is 3.94. The number of aryl methyl sites for hydroxylation is 2. The molecule has 170 valence electrons. The third-order valence-electron chi connectivity index (χ3n) is 5.49. The second kappa shape index (κ2) is 9.24. The van der Waals surface area contributed by atoms with E-state index in [1.165, 1.54) is 0 Å². The summed E-state index contributed by atoms with van der Waals surface area (Å²) in [5.41, 5.74) is 4.71. The Morgan fingerprint density at radius 1 is 0.912 bits per heavy atom. The summed E-state index contributed by atoms with van der Waals surface area (Å²) in [6.45, 7) is 7.81. The van der Waals surface area contributed by atoms with Crippen molar-refractivity contribution >= 4 is 28.8 Å². The normalized spacial score (nSPS) is 13.5. The fraction of sp³-hybridized carbons (Fsp3) is 0.179. The van der Waals surface area contributed by atoms with Gasteiger partial charge in [-0.3, -0.25) is 9.59 Å². The van der Waals surface area contributed by atoms with Crippen molar-refractivity contribution in [3.05, 3.63) is 94.7 Å². The highest BCUT2D eigenvalue weighted by molar-refractivity contribution is 6.46. The van der Waals surface area contributed by atoms with Gasteiger partial charge in [0.15, 0.2) is 0 Å². The molecule has 6 heteroatoms. The highest BCUT2D eigenvalue weighted by Crippen LogP contribution is 2.35. The van der Waals surface area contributed by atoms with E-state index in [0.29, 0.717) is 28.1 Å². The molecule has 0 bridgehead atoms. The van der Waals surface area contributed by atoms with Gasteiger partial charge in [-0.05, 0) is 87.4 Å². The Morgan fingerprint density at radius 3 is 2.18 bits per heavy atom. The van der Waals surface area contributed by atoms with E-state index in [0.717, 1.165) is 21.8 Å². The lowest BCUT2D eigenvalue weighted by atomic mass is 9.97. The van der Waals surface area contributed by atoms with Gasteiger partial charge in [0.25, 0.3) is 11.8 Å². The number of ether oxygens (including phenoxy) is 1. The first-order valence-corrected chi connectivity index (χ1v) is 11.0. The lowest BCUT2D eigenvalue weighted by Crippen LogP contribution is -2.32. The van der Waals surface area contributed by atoms with E-state index in [9.17, 15) is 9.59 Å². The number of hydrogen-bond acceptors (Lipinski definition) is 5. The second-order valence-electron chi connectivity index (χ2n) is 8.49. The van der Waals surface area contributed by atoms with Crippen LogP contribution < -0.4 is 15.0 Å². The monoisotopic (exact) mass is 451 g/mol. The average Bonchev–Trinajstić information content (AvgIpc) is 3.04. The SMILES string of the molecule is Cc1ccc(C2=C(Nc3ccc(OC(C)C)cc3)C(=O)N(c3ccc(C#N)cc3)C2=O)c(C)c1. The van der Waals surface area contributed by atoms with Gasteiger partial charge in [-0.15, -0.1) is 0 Å². The largest absolute Gasteiger partial charge is 0.491 e. The summed E-state index contributed by atoms with van der Waals surface area (Å²) in [5.74, 6) is -0.145. The topological polar surface area (TPSA) is 82.4 Å². The van der Waals surface area contributed by atoms with Crippen LogP contribution in [0.1, 0.15) is 36.1 Å². The van der Waals surface area contributed by atoms with Gasteiger partial charge in [-0.1, -0.05) is 23.8 Å². The minimum absolute atomic E-state index is 0.0487. The third-order valence-corrected chi connectivity index (χ3v) is 5.49. The number of nitriles is 1. The molecule has 6 nitrogen and oxygen atoms in total. The van der Waals surface area contributed by atoms with Gasteiger partial charge < -0.3 is 10.1 Å². The predicted molar refractivity (Wildman–Crippen MR) is 132 cm³/mol. The zero-order valence-corrected chi connectivity index (χ0v) is 19.5. The maximum atomic E-state index is 13.6. The van der Waals surface area contributed by atoms with Crippen LogP contribution in [-0.2, 0) is 9.59 Å². The van der Waals surface area contributed by atoms with Crippen LogP contribution in [0.3, 0.4) is 0 Å². The fourth-order valence-electron chi connectivity index (χ4n) is 3.94. The summed E-state index contributed by atoms with van der Waals surface area (Å²) < 4.78 is 5.70. The zero-order chi connectivity index (χ0) is 24.4. The van der Waals surface area contributed by atoms with E-state index in [-0.39, 0.29) is 11.8 Å². The van der Waals surface area contributed by atoms with E-state index in [1.54, 1.807) is 24.3 Å². The molecule has 0 aromatic heterocycles. The molecule has 3 aromatic rings. The second-order valence-corrected chi connectivity index (χ2v) is 8.49. The third kappa shape index (κ3) is 4.41. The maximum Gasteiger partial charge on any atom is 0.282 e. The first-order chi connectivity index (χ1) is 16.3. The molecule has 1 aliphatic rings. The van der Waals surface area contributed by atoms with Gasteiger partial charge in [0, 0.05) is 5.69 Å². The number of benzene rings is 3. The number of rotatable bonds is 6. The van der Waals surface area contributed by atoms with Crippen molar-refractivity contribution in [3.63, 3.8) is 0 Å². The Balaban J connectivity index is 1.77. The van der Waals surface area contributed by atoms with Crippen LogP contribution in [0.5, 0.6) is 5.75 Å². The standard InChI is InChI=1S/C28H25N3O3/c1-17(2)34-23-12-8-21(9-13-23)30-26-25(24-14-5-18(3)15-19(24)4)27(32)31(28(26)33)22-10-6-20(16-29)7-11-22/h5-15,17,30H,1-4H3. The molecule has 0 fully saturated rings. The lowest BCUT2D eigenvalue weighted by molar-refractivity contribution is -0.120. The molecule has 0 saturated heterocycles. The van der Waals surface area contributed by atoms with Crippen molar-refractivity contribution in [1.82, 2.24) is 0 Å². The molecular formula is C28H25N3O3. The number of nitrogens with zero attached hydrogens (tertiary/aromatic N) is 2. The minimum Gasteiger partial charge on any atom is -0.491 e. The minimum atomic E-state index is -0.452. The first kappa shape index (κ1) is 22.8. The van der Waals surface area contributed by atoms with Crippen LogP contribution in [0.4, 0.5) is 11.4 Å². The highest BCUT2D eigenvalue weighted by Gasteiger charge is 2.40. The molecule has 1 heterocycles. The summed E-state index contributed by atoms with van der Waals surface area (Å²) in [6, 6.07) is 21.5. The Labute approximate surface area is 199 Å². The van der Waals surface area contributed by atoms with Gasteiger partial charge in [0.1, 0.15) is 11.4 Å². The molecule has 0 spiro atoms. The van der Waals surface area contributed by atoms with E-state index in [4.69, 9.17) is 10.00 Å². The van der Waals surface area contributed by atoms with Crippen LogP contribution in [0.2, 0.25) is 0 Å². The molecular weight excluding hydrogens is 426 g/mol. The summed E-state index contributed by atoms with van der Waals surface area (Å²) in [5, 5.41) is 12.3. The Morgan fingerprint density at radius 2 is 1.59 bits per heavy atom. The Bertz CT molecular complexity index is 1330. The zero-order valence-electron chi connectivity index (χ0n) is 19.5. The van der Waals surface area contributed by atoms with Crippen LogP contribution in [0.15, 0.2) is 72.4 Å². The van der Waals surface area contributed by atoms with Crippen molar-refractivity contribution in [1.29, 1.82) is 5.26 Å². The molecule has 1 aliphatic heterocycles. The smallest absolute Gasteiger partial charge is 0.282 e. The molecule has 0 radical (unpaired) electrons. The average molecular weight is 452 g/mol. The van der Waals surface area contributed by atoms with Crippen molar-refractivity contribution < 1.29 is 14.3 Å². The van der Waals surface area contributed by atoms with Crippen molar-refractivity contribution in [3.8, 4) is 11.8 Å². The molecule has 34 heavy (non-hydrogen) atoms. The molecule has 0 unspecified atom stereocenters. The van der Waals surface area contributed by atoms with E-state index in [1.807, 2.05) is 70.2 Å². The summed E-state index contributed by atoms with van der Waals surface area (Å²) in [7, 11) is 0. The summed E-state index contributed by atoms with van der Waals surface area (Å²) in [4.78, 5) is 28.3. The van der Waals surface area contributed by atoms with Gasteiger partial charge in [0.2, 0.25) is 0 Å². The highest BCUT2D eigenvalue weighted by atomic mass is 16.5. The van der Waals surface area contributed by atoms with Gasteiger partial charge >= 0.3 is 0 Å². The number of carbonyl (C=O) groups is 2. The van der Waals surface area contributed by atoms with E-state index >= 15 is 0 Å². The number of hydrogen-bond donors (Lipinski definition) is 1. The lowest BCUT2D eigenvalue weighted by Gasteiger charge is -2.16. The number of amides is 2. The van der Waals surface area contributed by atoms with Gasteiger partial charge in [0.05, 0.1) is 29.0 Å². The molecule has 3 aromatic carbocycles. The van der Waals surface area contributed by atoms with E-state index in [2.05, 4.69) is 11.4 Å². The maximum absolute atomic E-state index is 13.6. The molecule has 2 amide bonds. The van der Waals surface area contributed by atoms with Crippen LogP contribution in [-0.4, -0.2) is 17.9 Å². The first-order valence-electron chi connectivity index (χ1n) is 11.0. The van der Waals surface area contributed by atoms with Crippen molar-refractivity contribution in [2.75, 3.05) is 10.2 Å². The van der Waals surface area contributed by atoms with Gasteiger partial charge in [-0.25, -0.2) is 4.90 Å². The molecule has 4 rings (SSSR count). The number of anilines is 2. The van der Waals surface area contributed by atoms with Crippen molar-refractivity contribution in [2.45, 2.75) is 33.8 Å². The molecule has 1 N–H and O–H groups in total. The number of imide groups is 1. The quantitative estimate of drug-likeness (QED) is 0.510. The summed E-state index contributed by atoms with van der Waals surface area (Å²) >= 11 is 0. The Hall–Kier alpha value is -4.37. The summed E-state index contributed by atoms with van der Waals surface area (Å²) in [6.07, 6.45) is 0.0487. The number of nitrogens with one attached hydrogen (secondary N) is 1.